The van der Waals surface area contributed by atoms with Crippen molar-refractivity contribution in [1.82, 2.24) is 19.5 Å². The van der Waals surface area contributed by atoms with Crippen molar-refractivity contribution < 1.29 is 18.6 Å². The molecule has 0 spiro atoms. The van der Waals surface area contributed by atoms with Crippen molar-refractivity contribution in [2.24, 2.45) is 7.05 Å². The molecule has 37 heavy (non-hydrogen) atoms. The summed E-state index contributed by atoms with van der Waals surface area (Å²) in [6, 6.07) is 14.8. The summed E-state index contributed by atoms with van der Waals surface area (Å²) < 4.78 is 33.2. The van der Waals surface area contributed by atoms with Crippen LogP contribution in [0.3, 0.4) is 0 Å². The Kier molecular flexibility index (Phi) is 6.38. The molecule has 3 aromatic heterocycles. The Labute approximate surface area is 211 Å². The Balaban J connectivity index is 1.45. The Morgan fingerprint density at radius 2 is 1.73 bits per heavy atom. The maximum atomic E-state index is 15.1. The molecule has 0 fully saturated rings. The minimum Gasteiger partial charge on any atom is -0.493 e. The van der Waals surface area contributed by atoms with Crippen molar-refractivity contribution in [2.45, 2.75) is 0 Å². The zero-order valence-corrected chi connectivity index (χ0v) is 20.2. The Hall–Kier alpha value is -4.99. The van der Waals surface area contributed by atoms with Gasteiger partial charge in [-0.15, -0.1) is 0 Å². The molecule has 0 atom stereocenters. The number of nitrogens with zero attached hydrogens (tertiary/aromatic N) is 4. The van der Waals surface area contributed by atoms with Crippen LogP contribution in [0.15, 0.2) is 78.0 Å². The topological polar surface area (TPSA) is 100 Å². The lowest BCUT2D eigenvalue weighted by Crippen LogP contribution is -2.22. The second-order valence-electron chi connectivity index (χ2n) is 7.95. The van der Waals surface area contributed by atoms with E-state index in [0.29, 0.717) is 45.5 Å². The second kappa shape index (κ2) is 9.94. The van der Waals surface area contributed by atoms with Gasteiger partial charge in [-0.3, -0.25) is 14.3 Å². The highest BCUT2D eigenvalue weighted by Crippen LogP contribution is 2.39. The monoisotopic (exact) mass is 499 g/mol. The maximum Gasteiger partial charge on any atom is 0.262 e. The van der Waals surface area contributed by atoms with Crippen LogP contribution in [0.1, 0.15) is 0 Å². The van der Waals surface area contributed by atoms with Gasteiger partial charge in [-0.05, 0) is 48.0 Å². The van der Waals surface area contributed by atoms with Crippen molar-refractivity contribution in [3.05, 3.63) is 89.4 Å². The molecule has 0 saturated carbocycles. The number of methoxy groups -OCH3 is 2. The van der Waals surface area contributed by atoms with Crippen LogP contribution < -0.4 is 25.1 Å². The summed E-state index contributed by atoms with van der Waals surface area (Å²) >= 11 is 0. The van der Waals surface area contributed by atoms with Crippen molar-refractivity contribution in [3.8, 4) is 34.1 Å². The number of hydrogen-bond donors (Lipinski definition) is 1. The Morgan fingerprint density at radius 3 is 2.46 bits per heavy atom. The zero-order valence-electron chi connectivity index (χ0n) is 20.2. The number of rotatable bonds is 7. The van der Waals surface area contributed by atoms with Gasteiger partial charge >= 0.3 is 0 Å². The van der Waals surface area contributed by atoms with E-state index >= 15 is 4.39 Å². The van der Waals surface area contributed by atoms with Gasteiger partial charge in [0.05, 0.1) is 19.8 Å². The number of benzene rings is 2. The minimum atomic E-state index is -0.638. The van der Waals surface area contributed by atoms with E-state index in [2.05, 4.69) is 20.3 Å². The molecule has 10 heteroatoms. The average Bonchev–Trinajstić information content (AvgIpc) is 2.92. The van der Waals surface area contributed by atoms with E-state index < -0.39 is 5.82 Å². The fourth-order valence-corrected chi connectivity index (χ4v) is 3.88. The zero-order chi connectivity index (χ0) is 25.9. The van der Waals surface area contributed by atoms with E-state index in [4.69, 9.17) is 14.2 Å². The van der Waals surface area contributed by atoms with Crippen LogP contribution in [0.25, 0.3) is 22.0 Å². The predicted molar refractivity (Wildman–Crippen MR) is 137 cm³/mol. The third-order valence-corrected chi connectivity index (χ3v) is 5.75. The molecule has 9 nitrogen and oxygen atoms in total. The van der Waals surface area contributed by atoms with Crippen LogP contribution in [-0.4, -0.2) is 33.7 Å². The molecule has 0 unspecified atom stereocenters. The summed E-state index contributed by atoms with van der Waals surface area (Å²) in [5, 5.41) is 3.62. The van der Waals surface area contributed by atoms with Crippen LogP contribution >= 0.6 is 0 Å². The van der Waals surface area contributed by atoms with Gasteiger partial charge in [0.15, 0.2) is 23.1 Å². The summed E-state index contributed by atoms with van der Waals surface area (Å²) in [7, 11) is 4.63. The van der Waals surface area contributed by atoms with Crippen LogP contribution in [-0.2, 0) is 7.05 Å². The molecule has 0 radical (unpaired) electrons. The molecule has 186 valence electrons. The number of anilines is 2. The molecular weight excluding hydrogens is 477 g/mol. The third kappa shape index (κ3) is 4.52. The summed E-state index contributed by atoms with van der Waals surface area (Å²) in [6.07, 6.45) is 4.57. The van der Waals surface area contributed by atoms with Gasteiger partial charge in [0.2, 0.25) is 5.95 Å². The van der Waals surface area contributed by atoms with Crippen LogP contribution in [0.2, 0.25) is 0 Å². The molecule has 0 aliphatic heterocycles. The minimum absolute atomic E-state index is 0.00995. The van der Waals surface area contributed by atoms with Gasteiger partial charge in [0.1, 0.15) is 17.1 Å². The maximum absolute atomic E-state index is 15.1. The van der Waals surface area contributed by atoms with Crippen molar-refractivity contribution in [2.75, 3.05) is 19.5 Å². The first-order chi connectivity index (χ1) is 18.0. The Morgan fingerprint density at radius 1 is 0.892 bits per heavy atom. The van der Waals surface area contributed by atoms with Crippen molar-refractivity contribution >= 4 is 22.7 Å². The van der Waals surface area contributed by atoms with Crippen molar-refractivity contribution in [1.29, 1.82) is 0 Å². The molecule has 5 aromatic rings. The number of aromatic nitrogens is 4. The quantitative estimate of drug-likeness (QED) is 0.331. The van der Waals surface area contributed by atoms with Gasteiger partial charge < -0.3 is 19.5 Å². The van der Waals surface area contributed by atoms with E-state index in [-0.39, 0.29) is 16.9 Å². The number of hydrogen-bond acceptors (Lipinski definition) is 8. The lowest BCUT2D eigenvalue weighted by molar-refractivity contribution is 0.358. The number of ether oxygens (including phenoxy) is 3. The smallest absolute Gasteiger partial charge is 0.262 e. The molecule has 0 bridgehead atoms. The summed E-state index contributed by atoms with van der Waals surface area (Å²) in [5.74, 6) is 1.57. The average molecular weight is 500 g/mol. The van der Waals surface area contributed by atoms with E-state index in [1.807, 2.05) is 6.07 Å². The first kappa shape index (κ1) is 23.7. The number of nitrogens with one attached hydrogen (secondary N) is 1. The number of pyridine rings is 2. The lowest BCUT2D eigenvalue weighted by atomic mass is 10.1. The van der Waals surface area contributed by atoms with Crippen LogP contribution in [0.5, 0.6) is 23.0 Å². The fourth-order valence-electron chi connectivity index (χ4n) is 3.88. The first-order valence-corrected chi connectivity index (χ1v) is 11.2. The summed E-state index contributed by atoms with van der Waals surface area (Å²) in [5.41, 5.74) is 0.784. The fraction of sp³-hybridized carbons (Fsp3) is 0.111. The van der Waals surface area contributed by atoms with Gasteiger partial charge in [0.25, 0.3) is 5.56 Å². The molecule has 2 aromatic carbocycles. The second-order valence-corrected chi connectivity index (χ2v) is 7.95. The highest BCUT2D eigenvalue weighted by Gasteiger charge is 2.16. The molecule has 5 rings (SSSR count). The molecule has 1 N–H and O–H groups in total. The van der Waals surface area contributed by atoms with E-state index in [1.165, 1.54) is 37.1 Å². The first-order valence-electron chi connectivity index (χ1n) is 11.2. The molecule has 3 heterocycles. The summed E-state index contributed by atoms with van der Waals surface area (Å²) in [6.45, 7) is 0. The normalized spacial score (nSPS) is 10.8. The van der Waals surface area contributed by atoms with Gasteiger partial charge in [-0.1, -0.05) is 12.1 Å². The van der Waals surface area contributed by atoms with E-state index in [1.54, 1.807) is 55.8 Å². The highest BCUT2D eigenvalue weighted by atomic mass is 19.1. The molecule has 0 aliphatic carbocycles. The van der Waals surface area contributed by atoms with E-state index in [0.717, 1.165) is 0 Å². The lowest BCUT2D eigenvalue weighted by Gasteiger charge is -2.14. The third-order valence-electron chi connectivity index (χ3n) is 5.75. The molecule has 0 amide bonds. The van der Waals surface area contributed by atoms with Gasteiger partial charge in [-0.25, -0.2) is 14.4 Å². The number of halogens is 1. The van der Waals surface area contributed by atoms with Gasteiger partial charge in [0, 0.05) is 31.0 Å². The largest absolute Gasteiger partial charge is 0.493 e. The Bertz CT molecular complexity index is 1660. The van der Waals surface area contributed by atoms with Crippen LogP contribution in [0, 0.1) is 5.82 Å². The highest BCUT2D eigenvalue weighted by molar-refractivity contribution is 5.92. The standard InChI is InChI=1S/C27H22FN5O4/c1-33-26(34)18(15-31-27(33)32-23-6-4-5-12-29-23)16-7-9-21(19(28)14-16)37-20-11-13-30-24-17(20)8-10-22(35-2)25(24)36-3/h4-15H,1-3H3,(H,29,31,32). The SMILES string of the molecule is COc1ccc2c(Oc3ccc(-c4cnc(Nc5ccccn5)n(C)c4=O)cc3F)ccnc2c1OC. The molecular formula is C27H22FN5O4. The summed E-state index contributed by atoms with van der Waals surface area (Å²) in [4.78, 5) is 25.9. The molecule has 0 aliphatic rings. The van der Waals surface area contributed by atoms with Crippen LogP contribution in [0.4, 0.5) is 16.2 Å². The predicted octanol–water partition coefficient (Wildman–Crippen LogP) is 5.08. The molecule has 0 saturated heterocycles. The number of fused-ring (bicyclic) bond motifs is 1. The van der Waals surface area contributed by atoms with E-state index in [9.17, 15) is 4.79 Å². The van der Waals surface area contributed by atoms with Crippen molar-refractivity contribution in [3.63, 3.8) is 0 Å². The van der Waals surface area contributed by atoms with Gasteiger partial charge in [-0.2, -0.15) is 0 Å².